The van der Waals surface area contributed by atoms with Crippen LogP contribution in [0.2, 0.25) is 0 Å². The van der Waals surface area contributed by atoms with Crippen molar-refractivity contribution in [2.45, 2.75) is 6.10 Å². The van der Waals surface area contributed by atoms with E-state index >= 15 is 0 Å². The molecule has 2 rings (SSSR count). The van der Waals surface area contributed by atoms with Gasteiger partial charge in [-0.15, -0.1) is 0 Å². The van der Waals surface area contributed by atoms with Crippen LogP contribution in [0.5, 0.6) is 0 Å². The highest BCUT2D eigenvalue weighted by Crippen LogP contribution is 2.19. The average molecular weight is 251 g/mol. The van der Waals surface area contributed by atoms with Crippen LogP contribution in [0.15, 0.2) is 28.6 Å². The number of ether oxygens (including phenoxy) is 2. The Morgan fingerprint density at radius 2 is 2.22 bits per heavy atom. The van der Waals surface area contributed by atoms with E-state index in [1.54, 1.807) is 33.4 Å². The minimum absolute atomic E-state index is 0.193. The predicted octanol–water partition coefficient (Wildman–Crippen LogP) is -2.30. The molecule has 0 spiro atoms. The molecule has 1 unspecified atom stereocenters. The van der Waals surface area contributed by atoms with Gasteiger partial charge in [0.05, 0.1) is 19.7 Å². The summed E-state index contributed by atoms with van der Waals surface area (Å²) < 4.78 is 10.5. The van der Waals surface area contributed by atoms with Gasteiger partial charge in [0, 0.05) is 18.3 Å². The van der Waals surface area contributed by atoms with E-state index in [1.807, 2.05) is 0 Å². The number of rotatable bonds is 2. The molecule has 0 radical (unpaired) electrons. The number of likely N-dealkylation sites (N-methyl/N-ethyl adjacent to an activating group) is 1. The molecule has 1 amide bonds. The molecule has 0 saturated heterocycles. The van der Waals surface area contributed by atoms with Gasteiger partial charge in [-0.05, 0) is 6.08 Å². The molecular formula is C11H15N4O3+. The van der Waals surface area contributed by atoms with Gasteiger partial charge in [-0.3, -0.25) is 10.6 Å². The molecule has 0 aromatic carbocycles. The third-order valence-electron chi connectivity index (χ3n) is 2.89. The first-order valence-corrected chi connectivity index (χ1v) is 5.32. The highest BCUT2D eigenvalue weighted by atomic mass is 16.5. The van der Waals surface area contributed by atoms with Gasteiger partial charge < -0.3 is 9.47 Å². The molecular weight excluding hydrogens is 236 g/mol. The van der Waals surface area contributed by atoms with Gasteiger partial charge in [0.1, 0.15) is 17.6 Å². The van der Waals surface area contributed by atoms with Gasteiger partial charge in [-0.2, -0.15) is 4.90 Å². The zero-order valence-corrected chi connectivity index (χ0v) is 10.4. The number of nitrogens with one attached hydrogen (secondary N) is 1. The molecule has 1 aliphatic heterocycles. The normalized spacial score (nSPS) is 25.4. The predicted molar refractivity (Wildman–Crippen MR) is 64.3 cm³/mol. The topological polar surface area (TPSA) is 91.1 Å². The molecule has 18 heavy (non-hydrogen) atoms. The summed E-state index contributed by atoms with van der Waals surface area (Å²) in [5, 5.41) is 3.52. The van der Waals surface area contributed by atoms with Gasteiger partial charge in [-0.1, -0.05) is 0 Å². The highest BCUT2D eigenvalue weighted by molar-refractivity contribution is 6.29. The van der Waals surface area contributed by atoms with E-state index in [0.717, 1.165) is 0 Å². The fourth-order valence-electron chi connectivity index (χ4n) is 1.87. The van der Waals surface area contributed by atoms with Gasteiger partial charge in [-0.25, -0.2) is 4.99 Å². The van der Waals surface area contributed by atoms with Crippen molar-refractivity contribution in [1.82, 2.24) is 4.90 Å². The first-order valence-electron chi connectivity index (χ1n) is 5.32. The fourth-order valence-corrected chi connectivity index (χ4v) is 1.87. The second kappa shape index (κ2) is 4.61. The highest BCUT2D eigenvalue weighted by Gasteiger charge is 2.37. The van der Waals surface area contributed by atoms with Crippen LogP contribution in [0, 0.1) is 0 Å². The summed E-state index contributed by atoms with van der Waals surface area (Å²) in [5.41, 5.74) is 1.12. The maximum Gasteiger partial charge on any atom is 0.419 e. The Kier molecular flexibility index (Phi) is 3.15. The van der Waals surface area contributed by atoms with Gasteiger partial charge in [0.2, 0.25) is 0 Å². The third kappa shape index (κ3) is 1.78. The number of fused-ring (bicyclic) bond motifs is 1. The maximum atomic E-state index is 12.1. The van der Waals surface area contributed by atoms with E-state index in [9.17, 15) is 4.79 Å². The summed E-state index contributed by atoms with van der Waals surface area (Å²) in [7, 11) is 4.69. The molecule has 0 bridgehead atoms. The van der Waals surface area contributed by atoms with Gasteiger partial charge in [0.15, 0.2) is 0 Å². The summed E-state index contributed by atoms with van der Waals surface area (Å²) in [5.74, 6) is 5.92. The monoisotopic (exact) mass is 251 g/mol. The van der Waals surface area contributed by atoms with Crippen molar-refractivity contribution in [2.24, 2.45) is 10.9 Å². The summed E-state index contributed by atoms with van der Waals surface area (Å²) >= 11 is 0. The number of hydrazone groups is 1. The van der Waals surface area contributed by atoms with Crippen LogP contribution >= 0.6 is 0 Å². The lowest BCUT2D eigenvalue weighted by Gasteiger charge is -2.24. The summed E-state index contributed by atoms with van der Waals surface area (Å²) in [4.78, 5) is 16.4. The van der Waals surface area contributed by atoms with Crippen LogP contribution < -0.4 is 10.8 Å². The van der Waals surface area contributed by atoms with E-state index < -0.39 is 0 Å². The molecule has 2 aliphatic rings. The van der Waals surface area contributed by atoms with E-state index in [1.165, 1.54) is 4.90 Å². The van der Waals surface area contributed by atoms with Gasteiger partial charge >= 0.3 is 11.9 Å². The second-order valence-corrected chi connectivity index (χ2v) is 3.84. The standard InChI is InChI=1S/C11H14N4O3/c1-15-10(16)6-4-8(17-2)9(18-3)5-7(6)13-11(15)14-12/h4-5,8H,12H2,1-3H3/p+1/b14-11-. The number of nitrogens with zero attached hydrogens (tertiary/aromatic N) is 2. The lowest BCUT2D eigenvalue weighted by atomic mass is 9.98. The van der Waals surface area contributed by atoms with Crippen molar-refractivity contribution >= 4 is 17.6 Å². The minimum atomic E-state index is -0.371. The number of nitrogens with two attached hydrogens (primary N) is 1. The molecule has 7 heteroatoms. The zero-order valence-electron chi connectivity index (χ0n) is 10.4. The number of carbonyl (C=O) groups excluding carboxylic acids is 1. The van der Waals surface area contributed by atoms with Crippen molar-refractivity contribution in [3.63, 3.8) is 0 Å². The SMILES string of the molecule is COC1=CC2=[NH+]/C(=N/N)N(C)C(=O)C2=CC1OC. The molecule has 0 saturated carbocycles. The summed E-state index contributed by atoms with van der Waals surface area (Å²) in [6.07, 6.45) is 3.04. The van der Waals surface area contributed by atoms with Crippen LogP contribution in [-0.4, -0.2) is 49.8 Å². The summed E-state index contributed by atoms with van der Waals surface area (Å²) in [6.45, 7) is 0. The van der Waals surface area contributed by atoms with Crippen LogP contribution in [0.3, 0.4) is 0 Å². The van der Waals surface area contributed by atoms with Crippen LogP contribution in [0.4, 0.5) is 0 Å². The lowest BCUT2D eigenvalue weighted by Crippen LogP contribution is -2.85. The number of allylic oxidation sites excluding steroid dienone is 1. The van der Waals surface area contributed by atoms with E-state index in [-0.39, 0.29) is 18.0 Å². The van der Waals surface area contributed by atoms with Crippen LogP contribution in [0.25, 0.3) is 0 Å². The Morgan fingerprint density at radius 1 is 1.50 bits per heavy atom. The van der Waals surface area contributed by atoms with Crippen LogP contribution in [0.1, 0.15) is 0 Å². The summed E-state index contributed by atoms with van der Waals surface area (Å²) in [6, 6.07) is 0. The Hall–Kier alpha value is -2.15. The molecule has 3 N–H and O–H groups in total. The first-order chi connectivity index (χ1) is 8.62. The number of guanidine groups is 1. The molecule has 1 atom stereocenters. The van der Waals surface area contributed by atoms with E-state index in [0.29, 0.717) is 17.0 Å². The van der Waals surface area contributed by atoms with Crippen molar-refractivity contribution in [1.29, 1.82) is 0 Å². The largest absolute Gasteiger partial charge is 0.498 e. The maximum absolute atomic E-state index is 12.1. The minimum Gasteiger partial charge on any atom is -0.498 e. The van der Waals surface area contributed by atoms with E-state index in [2.05, 4.69) is 10.1 Å². The van der Waals surface area contributed by atoms with Crippen LogP contribution in [-0.2, 0) is 14.3 Å². The second-order valence-electron chi connectivity index (χ2n) is 3.84. The number of carbonyl (C=O) groups is 1. The first kappa shape index (κ1) is 12.3. The molecule has 0 aromatic rings. The Morgan fingerprint density at radius 3 is 2.78 bits per heavy atom. The van der Waals surface area contributed by atoms with Crippen molar-refractivity contribution < 1.29 is 19.3 Å². The van der Waals surface area contributed by atoms with Crippen molar-refractivity contribution in [3.8, 4) is 0 Å². The van der Waals surface area contributed by atoms with Crippen molar-refractivity contribution in [3.05, 3.63) is 23.5 Å². The smallest absolute Gasteiger partial charge is 0.419 e. The number of methoxy groups -OCH3 is 2. The quantitative estimate of drug-likeness (QED) is 0.426. The number of amides is 1. The molecule has 7 nitrogen and oxygen atoms in total. The Bertz CT molecular complexity index is 504. The average Bonchev–Trinajstić information content (AvgIpc) is 2.41. The Labute approximate surface area is 104 Å². The third-order valence-corrected chi connectivity index (χ3v) is 2.89. The Balaban J connectivity index is 2.51. The molecule has 0 fully saturated rings. The fraction of sp³-hybridized carbons (Fsp3) is 0.364. The number of hydrogen-bond acceptors (Lipinski definition) is 5. The molecule has 1 heterocycles. The number of hydrogen-bond donors (Lipinski definition) is 2. The molecule has 0 aromatic heterocycles. The molecule has 1 aliphatic carbocycles. The van der Waals surface area contributed by atoms with E-state index in [4.69, 9.17) is 15.3 Å². The van der Waals surface area contributed by atoms with Gasteiger partial charge in [0.25, 0.3) is 0 Å². The zero-order chi connectivity index (χ0) is 13.3. The lowest BCUT2D eigenvalue weighted by molar-refractivity contribution is -0.330. The van der Waals surface area contributed by atoms with Crippen molar-refractivity contribution in [2.75, 3.05) is 21.3 Å². The molecule has 96 valence electrons.